The molecule has 1 heterocycles. The van der Waals surface area contributed by atoms with Crippen molar-refractivity contribution < 1.29 is 19.5 Å². The number of piperidine rings is 1. The third-order valence-corrected chi connectivity index (χ3v) is 4.81. The van der Waals surface area contributed by atoms with Crippen LogP contribution in [0.25, 0.3) is 0 Å². The van der Waals surface area contributed by atoms with Crippen molar-refractivity contribution in [3.05, 3.63) is 70.7 Å². The lowest BCUT2D eigenvalue weighted by molar-refractivity contribution is -0.0192. The summed E-state index contributed by atoms with van der Waals surface area (Å²) >= 11 is 5.98. The summed E-state index contributed by atoms with van der Waals surface area (Å²) in [6, 6.07) is 17.3. The van der Waals surface area contributed by atoms with Gasteiger partial charge >= 0.3 is 6.09 Å². The minimum atomic E-state index is -0.869. The molecule has 0 bridgehead atoms. The molecule has 1 N–H and O–H groups in total. The Bertz CT molecular complexity index is 788. The number of hydrogen-bond donors (Lipinski definition) is 1. The van der Waals surface area contributed by atoms with Gasteiger partial charge in [-0.1, -0.05) is 59.2 Å². The average Bonchev–Trinajstić information content (AvgIpc) is 2.72. The number of likely N-dealkylation sites (tertiary alicyclic amines) is 1. The Kier molecular flexibility index (Phi) is 7.28. The highest BCUT2D eigenvalue weighted by Crippen LogP contribution is 2.16. The van der Waals surface area contributed by atoms with Crippen LogP contribution in [0.15, 0.2) is 59.8 Å². The minimum Gasteiger partial charge on any atom is -0.465 e. The smallest absolute Gasteiger partial charge is 0.407 e. The van der Waals surface area contributed by atoms with E-state index >= 15 is 0 Å². The molecule has 1 aliphatic heterocycles. The number of hydrogen-bond acceptors (Lipinski definition) is 4. The normalized spacial score (nSPS) is 15.5. The van der Waals surface area contributed by atoms with E-state index in [4.69, 9.17) is 26.3 Å². The lowest BCUT2D eigenvalue weighted by Gasteiger charge is -2.29. The van der Waals surface area contributed by atoms with Crippen LogP contribution >= 0.6 is 11.6 Å². The number of amides is 1. The van der Waals surface area contributed by atoms with Gasteiger partial charge in [0.1, 0.15) is 12.3 Å². The largest absolute Gasteiger partial charge is 0.465 e. The first-order valence-electron chi connectivity index (χ1n) is 9.24. The summed E-state index contributed by atoms with van der Waals surface area (Å²) in [7, 11) is 0. The molecule has 1 aliphatic rings. The monoisotopic (exact) mass is 402 g/mol. The van der Waals surface area contributed by atoms with Crippen LogP contribution in [0.2, 0.25) is 5.02 Å². The van der Waals surface area contributed by atoms with Crippen LogP contribution < -0.4 is 0 Å². The Morgan fingerprint density at radius 3 is 2.32 bits per heavy atom. The molecule has 0 spiro atoms. The quantitative estimate of drug-likeness (QED) is 0.426. The SMILES string of the molecule is O=C(O)N1CCC(OCCON=C(c2ccccc2)c2ccc(Cl)cc2)CC1. The molecule has 148 valence electrons. The van der Waals surface area contributed by atoms with E-state index in [-0.39, 0.29) is 6.10 Å². The topological polar surface area (TPSA) is 71.4 Å². The van der Waals surface area contributed by atoms with E-state index in [1.807, 2.05) is 54.6 Å². The Morgan fingerprint density at radius 2 is 1.68 bits per heavy atom. The predicted molar refractivity (Wildman–Crippen MR) is 108 cm³/mol. The first-order chi connectivity index (χ1) is 13.6. The summed E-state index contributed by atoms with van der Waals surface area (Å²) in [5.74, 6) is 0. The van der Waals surface area contributed by atoms with Gasteiger partial charge in [-0.3, -0.25) is 0 Å². The van der Waals surface area contributed by atoms with Crippen LogP contribution in [0.4, 0.5) is 4.79 Å². The van der Waals surface area contributed by atoms with Gasteiger partial charge in [0, 0.05) is 29.2 Å². The highest BCUT2D eigenvalue weighted by molar-refractivity contribution is 6.30. The van der Waals surface area contributed by atoms with Gasteiger partial charge in [0.25, 0.3) is 0 Å². The zero-order valence-electron chi connectivity index (χ0n) is 15.5. The van der Waals surface area contributed by atoms with Crippen LogP contribution in [-0.2, 0) is 9.57 Å². The van der Waals surface area contributed by atoms with Crippen LogP contribution in [0, 0.1) is 0 Å². The lowest BCUT2D eigenvalue weighted by Crippen LogP contribution is -2.40. The third kappa shape index (κ3) is 5.71. The van der Waals surface area contributed by atoms with Gasteiger partial charge in [-0.05, 0) is 25.0 Å². The Morgan fingerprint density at radius 1 is 1.04 bits per heavy atom. The Labute approximate surface area is 169 Å². The van der Waals surface area contributed by atoms with Gasteiger partial charge in [-0.25, -0.2) is 4.79 Å². The van der Waals surface area contributed by atoms with Crippen molar-refractivity contribution >= 4 is 23.4 Å². The summed E-state index contributed by atoms with van der Waals surface area (Å²) in [5.41, 5.74) is 2.59. The molecule has 0 saturated carbocycles. The summed E-state index contributed by atoms with van der Waals surface area (Å²) in [6.07, 6.45) is 0.602. The predicted octanol–water partition coefficient (Wildman–Crippen LogP) is 4.27. The highest BCUT2D eigenvalue weighted by atomic mass is 35.5. The average molecular weight is 403 g/mol. The zero-order valence-corrected chi connectivity index (χ0v) is 16.2. The number of carboxylic acid groups (broad SMARTS) is 1. The lowest BCUT2D eigenvalue weighted by atomic mass is 10.0. The second-order valence-corrected chi connectivity index (χ2v) is 6.92. The van der Waals surface area contributed by atoms with Gasteiger partial charge < -0.3 is 19.6 Å². The van der Waals surface area contributed by atoms with Gasteiger partial charge in [0.05, 0.1) is 12.7 Å². The van der Waals surface area contributed by atoms with Crippen LogP contribution in [-0.4, -0.2) is 54.2 Å². The molecule has 0 aliphatic carbocycles. The van der Waals surface area contributed by atoms with Gasteiger partial charge in [-0.15, -0.1) is 0 Å². The molecule has 1 amide bonds. The number of rotatable bonds is 7. The molecule has 7 heteroatoms. The Balaban J connectivity index is 1.53. The van der Waals surface area contributed by atoms with E-state index in [1.54, 1.807) is 0 Å². The molecule has 0 atom stereocenters. The second kappa shape index (κ2) is 10.1. The van der Waals surface area contributed by atoms with E-state index in [2.05, 4.69) is 5.16 Å². The maximum absolute atomic E-state index is 10.9. The molecule has 1 saturated heterocycles. The summed E-state index contributed by atoms with van der Waals surface area (Å²) in [4.78, 5) is 17.8. The van der Waals surface area contributed by atoms with E-state index in [0.717, 1.165) is 16.8 Å². The second-order valence-electron chi connectivity index (χ2n) is 6.49. The first kappa shape index (κ1) is 20.2. The van der Waals surface area contributed by atoms with Gasteiger partial charge in [0.15, 0.2) is 0 Å². The third-order valence-electron chi connectivity index (χ3n) is 4.56. The van der Waals surface area contributed by atoms with Crippen molar-refractivity contribution in [2.45, 2.75) is 18.9 Å². The minimum absolute atomic E-state index is 0.0630. The fourth-order valence-corrected chi connectivity index (χ4v) is 3.18. The van der Waals surface area contributed by atoms with Crippen molar-refractivity contribution in [3.8, 4) is 0 Å². The molecule has 0 unspecified atom stereocenters. The van der Waals surface area contributed by atoms with Gasteiger partial charge in [0.2, 0.25) is 0 Å². The van der Waals surface area contributed by atoms with Crippen LogP contribution in [0.1, 0.15) is 24.0 Å². The molecule has 6 nitrogen and oxygen atoms in total. The molecule has 2 aromatic carbocycles. The number of nitrogens with zero attached hydrogens (tertiary/aromatic N) is 2. The number of benzene rings is 2. The fourth-order valence-electron chi connectivity index (χ4n) is 3.05. The number of carbonyl (C=O) groups is 1. The molecular weight excluding hydrogens is 380 g/mol. The summed E-state index contributed by atoms with van der Waals surface area (Å²) < 4.78 is 5.79. The molecule has 3 rings (SSSR count). The standard InChI is InChI=1S/C21H23ClN2O4/c22-18-8-6-17(7-9-18)20(16-4-2-1-3-5-16)23-28-15-14-27-19-10-12-24(13-11-19)21(25)26/h1-9,19H,10-15H2,(H,25,26). The molecule has 28 heavy (non-hydrogen) atoms. The summed E-state index contributed by atoms with van der Waals surface area (Å²) in [6.45, 7) is 1.74. The fraction of sp³-hybridized carbons (Fsp3) is 0.333. The van der Waals surface area contributed by atoms with Crippen molar-refractivity contribution in [3.63, 3.8) is 0 Å². The number of oxime groups is 1. The van der Waals surface area contributed by atoms with Crippen molar-refractivity contribution in [1.82, 2.24) is 4.90 Å². The van der Waals surface area contributed by atoms with Crippen molar-refractivity contribution in [1.29, 1.82) is 0 Å². The van der Waals surface area contributed by atoms with Crippen molar-refractivity contribution in [2.75, 3.05) is 26.3 Å². The molecule has 0 aromatic heterocycles. The Hall–Kier alpha value is -2.57. The first-order valence-corrected chi connectivity index (χ1v) is 9.62. The van der Waals surface area contributed by atoms with Gasteiger partial charge in [-0.2, -0.15) is 0 Å². The van der Waals surface area contributed by atoms with E-state index in [1.165, 1.54) is 4.90 Å². The zero-order chi connectivity index (χ0) is 19.8. The summed E-state index contributed by atoms with van der Waals surface area (Å²) in [5, 5.41) is 14.0. The molecular formula is C21H23ClN2O4. The van der Waals surface area contributed by atoms with E-state index in [9.17, 15) is 4.79 Å². The van der Waals surface area contributed by atoms with Crippen molar-refractivity contribution in [2.24, 2.45) is 5.16 Å². The number of halogens is 1. The molecule has 0 radical (unpaired) electrons. The molecule has 1 fully saturated rings. The molecule has 2 aromatic rings. The maximum atomic E-state index is 10.9. The van der Waals surface area contributed by atoms with E-state index in [0.29, 0.717) is 44.2 Å². The highest BCUT2D eigenvalue weighted by Gasteiger charge is 2.22. The maximum Gasteiger partial charge on any atom is 0.407 e. The van der Waals surface area contributed by atoms with E-state index < -0.39 is 6.09 Å². The number of ether oxygens (including phenoxy) is 1. The van der Waals surface area contributed by atoms with Crippen LogP contribution in [0.5, 0.6) is 0 Å². The van der Waals surface area contributed by atoms with Crippen LogP contribution in [0.3, 0.4) is 0 Å².